The highest BCUT2D eigenvalue weighted by Crippen LogP contribution is 2.31. The van der Waals surface area contributed by atoms with Gasteiger partial charge in [-0.3, -0.25) is 0 Å². The topological polar surface area (TPSA) is 75.7 Å². The third-order valence-electron chi connectivity index (χ3n) is 4.20. The number of hydrogen-bond acceptors (Lipinski definition) is 4. The molecule has 0 bridgehead atoms. The van der Waals surface area contributed by atoms with Crippen molar-refractivity contribution in [3.63, 3.8) is 0 Å². The Labute approximate surface area is 149 Å². The fourth-order valence-electron chi connectivity index (χ4n) is 2.42. The molecule has 0 spiro atoms. The van der Waals surface area contributed by atoms with Gasteiger partial charge < -0.3 is 20.7 Å². The molecule has 0 aromatic heterocycles. The average Bonchev–Trinajstić information content (AvgIpc) is 2.59. The van der Waals surface area contributed by atoms with Crippen LogP contribution in [0.3, 0.4) is 0 Å². The van der Waals surface area contributed by atoms with Gasteiger partial charge in [-0.2, -0.15) is 0 Å². The maximum absolute atomic E-state index is 10.2. The Balaban J connectivity index is 0.00000288. The van der Waals surface area contributed by atoms with Crippen LogP contribution in [0.4, 0.5) is 0 Å². The normalized spacial score (nSPS) is 14.3. The number of aliphatic hydroxyl groups excluding tert-OH is 1. The van der Waals surface area contributed by atoms with Crippen LogP contribution in [-0.2, 0) is 6.61 Å². The van der Waals surface area contributed by atoms with E-state index in [1.54, 1.807) is 18.2 Å². The number of rotatable bonds is 7. The van der Waals surface area contributed by atoms with Crippen molar-refractivity contribution in [3.05, 3.63) is 59.7 Å². The highest BCUT2D eigenvalue weighted by Gasteiger charge is 2.24. The van der Waals surface area contributed by atoms with Crippen LogP contribution in [0.2, 0.25) is 0 Å². The van der Waals surface area contributed by atoms with Crippen molar-refractivity contribution in [2.45, 2.75) is 39.0 Å². The van der Waals surface area contributed by atoms with Crippen LogP contribution < -0.4 is 10.5 Å². The quantitative estimate of drug-likeness (QED) is 0.709. The molecule has 5 heteroatoms. The molecule has 2 rings (SSSR count). The van der Waals surface area contributed by atoms with E-state index in [1.165, 1.54) is 0 Å². The maximum Gasteiger partial charge on any atom is 0.124 e. The summed E-state index contributed by atoms with van der Waals surface area (Å²) in [5.74, 6) is 0.684. The van der Waals surface area contributed by atoms with E-state index in [9.17, 15) is 10.2 Å². The van der Waals surface area contributed by atoms with E-state index in [1.807, 2.05) is 44.2 Å². The summed E-state index contributed by atoms with van der Waals surface area (Å²) in [6, 6.07) is 14.2. The van der Waals surface area contributed by atoms with E-state index >= 15 is 0 Å². The zero-order valence-corrected chi connectivity index (χ0v) is 14.9. The first-order chi connectivity index (χ1) is 11.0. The Morgan fingerprint density at radius 3 is 2.38 bits per heavy atom. The van der Waals surface area contributed by atoms with Gasteiger partial charge in [0.2, 0.25) is 0 Å². The Morgan fingerprint density at radius 2 is 1.79 bits per heavy atom. The summed E-state index contributed by atoms with van der Waals surface area (Å²) in [5, 5.41) is 20.4. The molecule has 1 unspecified atom stereocenters. The Hall–Kier alpha value is -1.75. The van der Waals surface area contributed by atoms with Crippen LogP contribution in [0.5, 0.6) is 11.5 Å². The first kappa shape index (κ1) is 20.3. The summed E-state index contributed by atoms with van der Waals surface area (Å²) in [4.78, 5) is 0. The molecule has 0 amide bonds. The molecular formula is C19H26ClNO3. The second-order valence-corrected chi connectivity index (χ2v) is 5.90. The first-order valence-electron chi connectivity index (χ1n) is 7.96. The number of aromatic hydroxyl groups is 1. The summed E-state index contributed by atoms with van der Waals surface area (Å²) < 4.78 is 5.67. The lowest BCUT2D eigenvalue weighted by atomic mass is 9.91. The number of phenols is 1. The Bertz CT molecular complexity index is 621. The van der Waals surface area contributed by atoms with Gasteiger partial charge in [0.1, 0.15) is 18.1 Å². The van der Waals surface area contributed by atoms with Crippen molar-refractivity contribution in [3.8, 4) is 11.5 Å². The lowest BCUT2D eigenvalue weighted by Gasteiger charge is -2.25. The van der Waals surface area contributed by atoms with Crippen LogP contribution >= 0.6 is 12.4 Å². The predicted octanol–water partition coefficient (Wildman–Crippen LogP) is 3.80. The molecule has 0 saturated heterocycles. The second kappa shape index (κ2) is 9.52. The van der Waals surface area contributed by atoms with Crippen LogP contribution in [0.25, 0.3) is 0 Å². The molecular weight excluding hydrogens is 326 g/mol. The summed E-state index contributed by atoms with van der Waals surface area (Å²) in [7, 11) is 0. The van der Waals surface area contributed by atoms with Gasteiger partial charge in [-0.25, -0.2) is 0 Å². The number of nitrogens with two attached hydrogens (primary N) is 1. The molecule has 24 heavy (non-hydrogen) atoms. The molecule has 4 nitrogen and oxygen atoms in total. The van der Waals surface area contributed by atoms with Crippen molar-refractivity contribution < 1.29 is 14.9 Å². The molecule has 0 aliphatic rings. The van der Waals surface area contributed by atoms with Crippen LogP contribution in [0.1, 0.15) is 37.4 Å². The Kier molecular flexibility index (Phi) is 8.05. The fourth-order valence-corrected chi connectivity index (χ4v) is 2.42. The molecule has 2 aromatic carbocycles. The van der Waals surface area contributed by atoms with Crippen molar-refractivity contribution in [1.82, 2.24) is 0 Å². The average molecular weight is 352 g/mol. The second-order valence-electron chi connectivity index (χ2n) is 5.90. The zero-order chi connectivity index (χ0) is 16.8. The standard InChI is InChI=1S/C19H25NO3.ClH/c1-3-13(2)19(22)18(20)16-10-9-15(11-17(16)21)23-12-14-7-5-4-6-8-14;/h4-11,13,18-19,21-22H,3,12,20H2,1-2H3;1H/t13?,18-,19+;/m1./s1. The first-order valence-corrected chi connectivity index (χ1v) is 7.96. The molecule has 0 fully saturated rings. The van der Waals surface area contributed by atoms with Crippen LogP contribution in [0.15, 0.2) is 48.5 Å². The van der Waals surface area contributed by atoms with Crippen molar-refractivity contribution in [1.29, 1.82) is 0 Å². The molecule has 0 aliphatic carbocycles. The minimum Gasteiger partial charge on any atom is -0.507 e. The van der Waals surface area contributed by atoms with Gasteiger partial charge in [-0.1, -0.05) is 50.6 Å². The summed E-state index contributed by atoms with van der Waals surface area (Å²) in [5.41, 5.74) is 7.67. The summed E-state index contributed by atoms with van der Waals surface area (Å²) >= 11 is 0. The Morgan fingerprint density at radius 1 is 1.12 bits per heavy atom. The third-order valence-corrected chi connectivity index (χ3v) is 4.20. The monoisotopic (exact) mass is 351 g/mol. The van der Waals surface area contributed by atoms with E-state index in [0.29, 0.717) is 17.9 Å². The maximum atomic E-state index is 10.2. The molecule has 0 radical (unpaired) electrons. The number of ether oxygens (including phenoxy) is 1. The molecule has 4 N–H and O–H groups in total. The van der Waals surface area contributed by atoms with E-state index < -0.39 is 12.1 Å². The third kappa shape index (κ3) is 5.13. The van der Waals surface area contributed by atoms with Gasteiger partial charge in [-0.15, -0.1) is 12.4 Å². The lowest BCUT2D eigenvalue weighted by molar-refractivity contribution is 0.0870. The van der Waals surface area contributed by atoms with Crippen LogP contribution in [-0.4, -0.2) is 16.3 Å². The number of benzene rings is 2. The number of phenolic OH excluding ortho intramolecular Hbond substituents is 1. The largest absolute Gasteiger partial charge is 0.507 e. The van der Waals surface area contributed by atoms with Gasteiger partial charge >= 0.3 is 0 Å². The highest BCUT2D eigenvalue weighted by atomic mass is 35.5. The molecule has 3 atom stereocenters. The SMILES string of the molecule is CCC(C)[C@H](O)[C@H](N)c1ccc(OCc2ccccc2)cc1O.Cl. The van der Waals surface area contributed by atoms with Gasteiger partial charge in [0.15, 0.2) is 0 Å². The zero-order valence-electron chi connectivity index (χ0n) is 14.1. The van der Waals surface area contributed by atoms with Crippen molar-refractivity contribution in [2.24, 2.45) is 11.7 Å². The van der Waals surface area contributed by atoms with Crippen molar-refractivity contribution in [2.75, 3.05) is 0 Å². The van der Waals surface area contributed by atoms with E-state index in [2.05, 4.69) is 0 Å². The molecule has 2 aromatic rings. The van der Waals surface area contributed by atoms with Gasteiger partial charge in [0, 0.05) is 11.6 Å². The highest BCUT2D eigenvalue weighted by molar-refractivity contribution is 5.85. The lowest BCUT2D eigenvalue weighted by Crippen LogP contribution is -2.31. The molecule has 0 aliphatic heterocycles. The van der Waals surface area contributed by atoms with Gasteiger partial charge in [0.25, 0.3) is 0 Å². The number of aliphatic hydroxyl groups is 1. The smallest absolute Gasteiger partial charge is 0.124 e. The summed E-state index contributed by atoms with van der Waals surface area (Å²) in [6.45, 7) is 4.38. The molecule has 132 valence electrons. The fraction of sp³-hybridized carbons (Fsp3) is 0.368. The molecule has 0 heterocycles. The minimum atomic E-state index is -0.693. The van der Waals surface area contributed by atoms with Crippen LogP contribution in [0, 0.1) is 5.92 Å². The minimum absolute atomic E-state index is 0. The van der Waals surface area contributed by atoms with Crippen molar-refractivity contribution >= 4 is 12.4 Å². The van der Waals surface area contributed by atoms with Gasteiger partial charge in [0.05, 0.1) is 12.1 Å². The van der Waals surface area contributed by atoms with E-state index in [4.69, 9.17) is 10.5 Å². The number of halogens is 1. The molecule has 0 saturated carbocycles. The number of hydrogen-bond donors (Lipinski definition) is 3. The van der Waals surface area contributed by atoms with E-state index in [-0.39, 0.29) is 24.1 Å². The predicted molar refractivity (Wildman–Crippen MR) is 98.5 cm³/mol. The van der Waals surface area contributed by atoms with Gasteiger partial charge in [-0.05, 0) is 23.6 Å². The van der Waals surface area contributed by atoms with E-state index in [0.717, 1.165) is 12.0 Å². The summed E-state index contributed by atoms with van der Waals surface area (Å²) in [6.07, 6.45) is 0.135.